The summed E-state index contributed by atoms with van der Waals surface area (Å²) in [7, 11) is 0. The summed E-state index contributed by atoms with van der Waals surface area (Å²) in [5.41, 5.74) is 0. The maximum absolute atomic E-state index is 10.1. The summed E-state index contributed by atoms with van der Waals surface area (Å²) < 4.78 is 0.495. The SMILES string of the molecule is CCCC(CNC(=O)[O-])C(C)I. The average Bonchev–Trinajstić information content (AvgIpc) is 1.96. The molecule has 0 heterocycles. The van der Waals surface area contributed by atoms with Gasteiger partial charge in [-0.05, 0) is 12.3 Å². The van der Waals surface area contributed by atoms with Crippen molar-refractivity contribution < 1.29 is 9.90 Å². The molecule has 1 amide bonds. The second-order valence-electron chi connectivity index (χ2n) is 2.89. The van der Waals surface area contributed by atoms with Crippen LogP contribution in [0, 0.1) is 5.92 Å². The van der Waals surface area contributed by atoms with Crippen molar-refractivity contribution in [1.82, 2.24) is 5.32 Å². The highest BCUT2D eigenvalue weighted by atomic mass is 127. The van der Waals surface area contributed by atoms with Crippen LogP contribution in [-0.4, -0.2) is 16.6 Å². The number of rotatable bonds is 5. The average molecular weight is 284 g/mol. The molecule has 1 N–H and O–H groups in total. The van der Waals surface area contributed by atoms with Crippen molar-refractivity contribution in [2.75, 3.05) is 6.54 Å². The molecule has 0 rings (SSSR count). The van der Waals surface area contributed by atoms with Crippen molar-refractivity contribution in [3.05, 3.63) is 0 Å². The van der Waals surface area contributed by atoms with E-state index in [2.05, 4.69) is 41.8 Å². The van der Waals surface area contributed by atoms with Gasteiger partial charge in [0.2, 0.25) is 0 Å². The molecule has 12 heavy (non-hydrogen) atoms. The van der Waals surface area contributed by atoms with E-state index in [1.807, 2.05) is 0 Å². The van der Waals surface area contributed by atoms with E-state index in [1.165, 1.54) is 0 Å². The van der Waals surface area contributed by atoms with Crippen molar-refractivity contribution in [3.63, 3.8) is 0 Å². The van der Waals surface area contributed by atoms with Gasteiger partial charge < -0.3 is 15.2 Å². The van der Waals surface area contributed by atoms with E-state index in [0.29, 0.717) is 16.4 Å². The summed E-state index contributed by atoms with van der Waals surface area (Å²) >= 11 is 2.32. The number of carboxylic acid groups (broad SMARTS) is 1. The van der Waals surface area contributed by atoms with Gasteiger partial charge in [-0.2, -0.15) is 0 Å². The third kappa shape index (κ3) is 5.62. The van der Waals surface area contributed by atoms with Crippen molar-refractivity contribution in [1.29, 1.82) is 0 Å². The standard InChI is InChI=1S/C8H16INO2/c1-3-4-7(6(2)9)5-10-8(11)12/h6-7,10H,3-5H2,1-2H3,(H,11,12)/p-1. The minimum absolute atomic E-state index is 0.425. The van der Waals surface area contributed by atoms with Crippen molar-refractivity contribution in [2.45, 2.75) is 30.6 Å². The van der Waals surface area contributed by atoms with Gasteiger partial charge in [0.05, 0.1) is 0 Å². The zero-order valence-electron chi connectivity index (χ0n) is 7.47. The van der Waals surface area contributed by atoms with Crippen LogP contribution in [0.4, 0.5) is 4.79 Å². The normalized spacial score (nSPS) is 15.2. The first-order chi connectivity index (χ1) is 5.57. The summed E-state index contributed by atoms with van der Waals surface area (Å²) in [6, 6.07) is 0. The molecule has 0 aromatic carbocycles. The van der Waals surface area contributed by atoms with Gasteiger partial charge in [0.15, 0.2) is 0 Å². The van der Waals surface area contributed by atoms with Gasteiger partial charge in [-0.1, -0.05) is 42.9 Å². The first-order valence-electron chi connectivity index (χ1n) is 4.16. The Hall–Kier alpha value is 0. The number of hydrogen-bond donors (Lipinski definition) is 1. The van der Waals surface area contributed by atoms with Gasteiger partial charge in [0.25, 0.3) is 0 Å². The van der Waals surface area contributed by atoms with Gasteiger partial charge >= 0.3 is 0 Å². The lowest BCUT2D eigenvalue weighted by Crippen LogP contribution is -2.40. The Bertz CT molecular complexity index is 139. The van der Waals surface area contributed by atoms with Crippen LogP contribution < -0.4 is 10.4 Å². The van der Waals surface area contributed by atoms with E-state index < -0.39 is 6.09 Å². The zero-order chi connectivity index (χ0) is 9.56. The number of halogens is 1. The Kier molecular flexibility index (Phi) is 6.51. The lowest BCUT2D eigenvalue weighted by Gasteiger charge is -2.20. The van der Waals surface area contributed by atoms with E-state index in [-0.39, 0.29) is 0 Å². The van der Waals surface area contributed by atoms with Crippen LogP contribution in [0.2, 0.25) is 0 Å². The third-order valence-corrected chi connectivity index (χ3v) is 2.83. The Labute approximate surface area is 87.1 Å². The van der Waals surface area contributed by atoms with Gasteiger partial charge in [-0.3, -0.25) is 0 Å². The highest BCUT2D eigenvalue weighted by molar-refractivity contribution is 14.1. The number of carbonyl (C=O) groups is 1. The van der Waals surface area contributed by atoms with E-state index in [0.717, 1.165) is 12.8 Å². The second-order valence-corrected chi connectivity index (χ2v) is 4.86. The zero-order valence-corrected chi connectivity index (χ0v) is 9.63. The molecule has 0 aliphatic heterocycles. The Morgan fingerprint density at radius 3 is 2.58 bits per heavy atom. The number of nitrogens with one attached hydrogen (secondary N) is 1. The van der Waals surface area contributed by atoms with Crippen molar-refractivity contribution in [3.8, 4) is 0 Å². The smallest absolute Gasteiger partial charge is 0.134 e. The van der Waals surface area contributed by atoms with Crippen molar-refractivity contribution >= 4 is 28.7 Å². The fourth-order valence-corrected chi connectivity index (χ4v) is 1.69. The van der Waals surface area contributed by atoms with E-state index in [9.17, 15) is 9.90 Å². The molecule has 2 unspecified atom stereocenters. The topological polar surface area (TPSA) is 52.2 Å². The van der Waals surface area contributed by atoms with Crippen LogP contribution >= 0.6 is 22.6 Å². The van der Waals surface area contributed by atoms with Crippen LogP contribution in [0.1, 0.15) is 26.7 Å². The van der Waals surface area contributed by atoms with Crippen LogP contribution in [-0.2, 0) is 0 Å². The Morgan fingerprint density at radius 1 is 1.67 bits per heavy atom. The minimum Gasteiger partial charge on any atom is -0.530 e. The summed E-state index contributed by atoms with van der Waals surface area (Å²) in [4.78, 5) is 10.1. The van der Waals surface area contributed by atoms with Crippen LogP contribution in [0.3, 0.4) is 0 Å². The molecule has 72 valence electrons. The third-order valence-electron chi connectivity index (χ3n) is 1.82. The van der Waals surface area contributed by atoms with E-state index >= 15 is 0 Å². The lowest BCUT2D eigenvalue weighted by atomic mass is 10.0. The number of amides is 1. The first kappa shape index (κ1) is 12.0. The molecule has 0 saturated heterocycles. The lowest BCUT2D eigenvalue weighted by molar-refractivity contribution is -0.250. The Balaban J connectivity index is 3.70. The van der Waals surface area contributed by atoms with E-state index in [1.54, 1.807) is 0 Å². The highest BCUT2D eigenvalue weighted by Gasteiger charge is 2.12. The highest BCUT2D eigenvalue weighted by Crippen LogP contribution is 2.17. The molecule has 0 aromatic rings. The van der Waals surface area contributed by atoms with Gasteiger partial charge in [0.1, 0.15) is 6.09 Å². The van der Waals surface area contributed by atoms with Gasteiger partial charge in [-0.15, -0.1) is 0 Å². The molecule has 0 spiro atoms. The number of carbonyl (C=O) groups excluding carboxylic acids is 1. The second kappa shape index (κ2) is 6.51. The molecule has 0 fully saturated rings. The molecule has 0 saturated carbocycles. The predicted octanol–water partition coefficient (Wildman–Crippen LogP) is 1.16. The summed E-state index contributed by atoms with van der Waals surface area (Å²) in [5.74, 6) is 0.425. The molecule has 2 atom stereocenters. The van der Waals surface area contributed by atoms with Crippen LogP contribution in [0.5, 0.6) is 0 Å². The molecule has 0 radical (unpaired) electrons. The maximum Gasteiger partial charge on any atom is 0.134 e. The minimum atomic E-state index is -1.17. The Morgan fingerprint density at radius 2 is 2.25 bits per heavy atom. The van der Waals surface area contributed by atoms with E-state index in [4.69, 9.17) is 0 Å². The number of hydrogen-bond acceptors (Lipinski definition) is 2. The van der Waals surface area contributed by atoms with Gasteiger partial charge in [-0.25, -0.2) is 0 Å². The van der Waals surface area contributed by atoms with Gasteiger partial charge in [0, 0.05) is 10.5 Å². The first-order valence-corrected chi connectivity index (χ1v) is 5.41. The predicted molar refractivity (Wildman–Crippen MR) is 55.3 cm³/mol. The molecule has 0 bridgehead atoms. The molecule has 0 aromatic heterocycles. The monoisotopic (exact) mass is 284 g/mol. The molecule has 3 nitrogen and oxygen atoms in total. The summed E-state index contributed by atoms with van der Waals surface area (Å²) in [6.45, 7) is 4.71. The largest absolute Gasteiger partial charge is 0.530 e. The summed E-state index contributed by atoms with van der Waals surface area (Å²) in [6.07, 6.45) is 0.977. The fraction of sp³-hybridized carbons (Fsp3) is 0.875. The molecule has 0 aliphatic rings. The molecule has 4 heteroatoms. The van der Waals surface area contributed by atoms with Crippen LogP contribution in [0.15, 0.2) is 0 Å². The quantitative estimate of drug-likeness (QED) is 0.608. The molecular weight excluding hydrogens is 269 g/mol. The maximum atomic E-state index is 10.1. The number of alkyl halides is 1. The molecular formula is C8H15INO2-. The summed E-state index contributed by atoms with van der Waals surface area (Å²) in [5, 5.41) is 12.4. The molecule has 0 aliphatic carbocycles. The van der Waals surface area contributed by atoms with Crippen molar-refractivity contribution in [2.24, 2.45) is 5.92 Å². The fourth-order valence-electron chi connectivity index (χ4n) is 1.08. The van der Waals surface area contributed by atoms with Crippen LogP contribution in [0.25, 0.3) is 0 Å².